The van der Waals surface area contributed by atoms with Crippen LogP contribution in [0.4, 0.5) is 5.69 Å². The van der Waals surface area contributed by atoms with Crippen LogP contribution >= 0.6 is 0 Å². The molecular formula is C15H22N2. The lowest BCUT2D eigenvalue weighted by atomic mass is 9.80. The van der Waals surface area contributed by atoms with E-state index in [2.05, 4.69) is 29.2 Å². The molecule has 0 aliphatic carbocycles. The molecule has 2 heterocycles. The Kier molecular flexibility index (Phi) is 3.06. The summed E-state index contributed by atoms with van der Waals surface area (Å²) < 4.78 is 0. The van der Waals surface area contributed by atoms with E-state index < -0.39 is 0 Å². The van der Waals surface area contributed by atoms with E-state index in [1.807, 2.05) is 0 Å². The van der Waals surface area contributed by atoms with Crippen LogP contribution in [0.15, 0.2) is 24.3 Å². The third-order valence-electron chi connectivity index (χ3n) is 4.47. The number of aryl methyl sites for hydroxylation is 1. The summed E-state index contributed by atoms with van der Waals surface area (Å²) in [5.41, 5.74) is 8.79. The molecule has 2 aliphatic heterocycles. The summed E-state index contributed by atoms with van der Waals surface area (Å²) in [7, 11) is 0. The number of anilines is 1. The van der Waals surface area contributed by atoms with Crippen molar-refractivity contribution in [1.82, 2.24) is 0 Å². The van der Waals surface area contributed by atoms with Crippen molar-refractivity contribution in [1.29, 1.82) is 0 Å². The van der Waals surface area contributed by atoms with Gasteiger partial charge in [-0.3, -0.25) is 0 Å². The molecule has 0 saturated carbocycles. The van der Waals surface area contributed by atoms with Crippen LogP contribution in [-0.2, 0) is 6.42 Å². The van der Waals surface area contributed by atoms with E-state index in [1.54, 1.807) is 0 Å². The highest BCUT2D eigenvalue weighted by Gasteiger charge is 2.34. The summed E-state index contributed by atoms with van der Waals surface area (Å²) in [4.78, 5) is 2.66. The van der Waals surface area contributed by atoms with Crippen molar-refractivity contribution >= 4 is 5.69 Å². The van der Waals surface area contributed by atoms with E-state index in [4.69, 9.17) is 5.73 Å². The molecular weight excluding hydrogens is 208 g/mol. The van der Waals surface area contributed by atoms with Gasteiger partial charge in [-0.25, -0.2) is 0 Å². The molecule has 1 saturated heterocycles. The summed E-state index contributed by atoms with van der Waals surface area (Å²) >= 11 is 0. The predicted octanol–water partition coefficient (Wildman–Crippen LogP) is 2.57. The largest absolute Gasteiger partial charge is 0.368 e. The molecule has 2 unspecified atom stereocenters. The number of nitrogens with zero attached hydrogens (tertiary/aromatic N) is 1. The third kappa shape index (κ3) is 1.95. The number of para-hydroxylation sites is 1. The first-order chi connectivity index (χ1) is 8.40. The molecule has 0 radical (unpaired) electrons. The highest BCUT2D eigenvalue weighted by molar-refractivity contribution is 5.57. The fourth-order valence-electron chi connectivity index (χ4n) is 3.68. The van der Waals surface area contributed by atoms with Crippen LogP contribution in [0.2, 0.25) is 0 Å². The van der Waals surface area contributed by atoms with Gasteiger partial charge in [0, 0.05) is 18.3 Å². The molecule has 2 nitrogen and oxygen atoms in total. The first kappa shape index (κ1) is 11.1. The van der Waals surface area contributed by atoms with Crippen molar-refractivity contribution in [3.8, 4) is 0 Å². The van der Waals surface area contributed by atoms with E-state index in [-0.39, 0.29) is 0 Å². The van der Waals surface area contributed by atoms with Crippen LogP contribution < -0.4 is 10.6 Å². The van der Waals surface area contributed by atoms with Gasteiger partial charge < -0.3 is 10.6 Å². The van der Waals surface area contributed by atoms with Gasteiger partial charge in [-0.15, -0.1) is 0 Å². The third-order valence-corrected chi connectivity index (χ3v) is 4.47. The monoisotopic (exact) mass is 230 g/mol. The van der Waals surface area contributed by atoms with Gasteiger partial charge in [-0.05, 0) is 56.2 Å². The van der Waals surface area contributed by atoms with E-state index >= 15 is 0 Å². The van der Waals surface area contributed by atoms with E-state index in [0.717, 1.165) is 18.5 Å². The van der Waals surface area contributed by atoms with Crippen LogP contribution in [0, 0.1) is 5.92 Å². The van der Waals surface area contributed by atoms with E-state index in [0.29, 0.717) is 0 Å². The van der Waals surface area contributed by atoms with Crippen LogP contribution in [0.3, 0.4) is 0 Å². The molecule has 0 spiro atoms. The molecule has 2 heteroatoms. The second kappa shape index (κ2) is 4.69. The maximum absolute atomic E-state index is 5.76. The van der Waals surface area contributed by atoms with Crippen molar-refractivity contribution < 1.29 is 0 Å². The summed E-state index contributed by atoms with van der Waals surface area (Å²) in [6, 6.07) is 9.68. The zero-order valence-electron chi connectivity index (χ0n) is 10.4. The van der Waals surface area contributed by atoms with Gasteiger partial charge in [0.1, 0.15) is 0 Å². The Bertz CT molecular complexity index is 386. The lowest BCUT2D eigenvalue weighted by Gasteiger charge is -2.46. The molecule has 2 aliphatic rings. The molecule has 92 valence electrons. The Morgan fingerprint density at radius 1 is 1.24 bits per heavy atom. The molecule has 17 heavy (non-hydrogen) atoms. The fourth-order valence-corrected chi connectivity index (χ4v) is 3.68. The lowest BCUT2D eigenvalue weighted by molar-refractivity contribution is 0.287. The molecule has 2 N–H and O–H groups in total. The summed E-state index contributed by atoms with van der Waals surface area (Å²) in [6.07, 6.45) is 6.47. The minimum absolute atomic E-state index is 0.752. The number of benzene rings is 1. The molecule has 2 atom stereocenters. The number of hydrogen-bond acceptors (Lipinski definition) is 2. The smallest absolute Gasteiger partial charge is 0.0401 e. The van der Waals surface area contributed by atoms with Crippen molar-refractivity contribution in [2.45, 2.75) is 38.1 Å². The van der Waals surface area contributed by atoms with Crippen molar-refractivity contribution in [3.05, 3.63) is 29.8 Å². The van der Waals surface area contributed by atoms with Crippen LogP contribution in [0.25, 0.3) is 0 Å². The Morgan fingerprint density at radius 3 is 3.00 bits per heavy atom. The highest BCUT2D eigenvalue weighted by atomic mass is 15.2. The van der Waals surface area contributed by atoms with E-state index in [9.17, 15) is 0 Å². The number of hydrogen-bond donors (Lipinski definition) is 1. The Morgan fingerprint density at radius 2 is 2.12 bits per heavy atom. The zero-order chi connectivity index (χ0) is 11.7. The molecule has 1 aromatic rings. The predicted molar refractivity (Wildman–Crippen MR) is 72.3 cm³/mol. The van der Waals surface area contributed by atoms with Gasteiger partial charge in [0.05, 0.1) is 0 Å². The SMILES string of the molecule is NCCC1CCCN2c3ccccc3CCC12. The first-order valence-electron chi connectivity index (χ1n) is 6.95. The van der Waals surface area contributed by atoms with Crippen molar-refractivity contribution in [3.63, 3.8) is 0 Å². The summed E-state index contributed by atoms with van der Waals surface area (Å²) in [6.45, 7) is 2.08. The average molecular weight is 230 g/mol. The maximum atomic E-state index is 5.76. The molecule has 0 bridgehead atoms. The number of piperidine rings is 1. The van der Waals surface area contributed by atoms with E-state index in [1.165, 1.54) is 49.9 Å². The van der Waals surface area contributed by atoms with Gasteiger partial charge in [0.15, 0.2) is 0 Å². The highest BCUT2D eigenvalue weighted by Crippen LogP contribution is 2.38. The van der Waals surface area contributed by atoms with Gasteiger partial charge >= 0.3 is 0 Å². The van der Waals surface area contributed by atoms with Gasteiger partial charge in [-0.2, -0.15) is 0 Å². The van der Waals surface area contributed by atoms with Gasteiger partial charge in [0.25, 0.3) is 0 Å². The standard InChI is InChI=1S/C15H22N2/c16-10-9-13-5-3-11-17-14-6-2-1-4-12(14)7-8-15(13)17/h1-2,4,6,13,15H,3,5,7-11,16H2. The average Bonchev–Trinajstić information content (AvgIpc) is 2.39. The quantitative estimate of drug-likeness (QED) is 0.846. The zero-order valence-corrected chi connectivity index (χ0v) is 10.4. The Balaban J connectivity index is 1.88. The van der Waals surface area contributed by atoms with Crippen molar-refractivity contribution in [2.24, 2.45) is 11.7 Å². The van der Waals surface area contributed by atoms with Crippen LogP contribution in [-0.4, -0.2) is 19.1 Å². The Hall–Kier alpha value is -1.02. The summed E-state index contributed by atoms with van der Waals surface area (Å²) in [5.74, 6) is 0.821. The molecule has 3 rings (SSSR count). The minimum atomic E-state index is 0.752. The molecule has 0 amide bonds. The molecule has 1 aromatic carbocycles. The van der Waals surface area contributed by atoms with Gasteiger partial charge in [-0.1, -0.05) is 18.2 Å². The first-order valence-corrected chi connectivity index (χ1v) is 6.95. The number of nitrogens with two attached hydrogens (primary N) is 1. The summed E-state index contributed by atoms with van der Waals surface area (Å²) in [5, 5.41) is 0. The topological polar surface area (TPSA) is 29.3 Å². The number of fused-ring (bicyclic) bond motifs is 3. The second-order valence-corrected chi connectivity index (χ2v) is 5.41. The number of rotatable bonds is 2. The minimum Gasteiger partial charge on any atom is -0.368 e. The second-order valence-electron chi connectivity index (χ2n) is 5.41. The maximum Gasteiger partial charge on any atom is 0.0401 e. The molecule has 0 aromatic heterocycles. The fraction of sp³-hybridized carbons (Fsp3) is 0.600. The lowest BCUT2D eigenvalue weighted by Crippen LogP contribution is -2.48. The Labute approximate surface area is 104 Å². The van der Waals surface area contributed by atoms with Crippen LogP contribution in [0.5, 0.6) is 0 Å². The molecule has 1 fully saturated rings. The van der Waals surface area contributed by atoms with Gasteiger partial charge in [0.2, 0.25) is 0 Å². The van der Waals surface area contributed by atoms with Crippen LogP contribution in [0.1, 0.15) is 31.2 Å². The van der Waals surface area contributed by atoms with Crippen molar-refractivity contribution in [2.75, 3.05) is 18.0 Å². The normalized spacial score (nSPS) is 27.5.